The van der Waals surface area contributed by atoms with Crippen molar-refractivity contribution in [3.8, 4) is 11.3 Å². The van der Waals surface area contributed by atoms with Gasteiger partial charge in [0, 0.05) is 24.2 Å². The van der Waals surface area contributed by atoms with E-state index in [1.807, 2.05) is 63.9 Å². The van der Waals surface area contributed by atoms with Gasteiger partial charge in [-0.05, 0) is 58.2 Å². The molecule has 0 aliphatic carbocycles. The molecule has 7 nitrogen and oxygen atoms in total. The summed E-state index contributed by atoms with van der Waals surface area (Å²) in [5.41, 5.74) is 2.32. The van der Waals surface area contributed by atoms with Gasteiger partial charge >= 0.3 is 0 Å². The van der Waals surface area contributed by atoms with Crippen molar-refractivity contribution in [3.05, 3.63) is 66.0 Å². The van der Waals surface area contributed by atoms with Crippen LogP contribution in [0.25, 0.3) is 16.2 Å². The van der Waals surface area contributed by atoms with Crippen molar-refractivity contribution in [2.45, 2.75) is 52.1 Å². The molecule has 0 radical (unpaired) electrons. The molecular weight excluding hydrogens is 475 g/mol. The molecule has 2 aromatic heterocycles. The number of hydrogen-bond acceptors (Lipinski definition) is 6. The number of carbonyl (C=O) groups is 1. The van der Waals surface area contributed by atoms with Crippen molar-refractivity contribution in [1.82, 2.24) is 19.9 Å². The first kappa shape index (κ1) is 25.6. The number of benzene rings is 2. The Kier molecular flexibility index (Phi) is 7.59. The Bertz CT molecular complexity index is 1330. The smallest absolute Gasteiger partial charge is 0.239 e. The Morgan fingerprint density at radius 3 is 2.61 bits per heavy atom. The molecule has 9 heteroatoms. The van der Waals surface area contributed by atoms with Crippen LogP contribution in [-0.4, -0.2) is 45.7 Å². The van der Waals surface area contributed by atoms with Crippen LogP contribution in [0.5, 0.6) is 0 Å². The first-order chi connectivity index (χ1) is 17.1. The molecule has 2 heterocycles. The summed E-state index contributed by atoms with van der Waals surface area (Å²) in [7, 11) is 1.84. The highest BCUT2D eigenvalue weighted by atomic mass is 32.1. The molecule has 2 aromatic carbocycles. The van der Waals surface area contributed by atoms with Crippen LogP contribution in [0, 0.1) is 5.82 Å². The molecule has 0 spiro atoms. The van der Waals surface area contributed by atoms with E-state index in [9.17, 15) is 9.18 Å². The molecule has 36 heavy (non-hydrogen) atoms. The monoisotopic (exact) mass is 508 g/mol. The van der Waals surface area contributed by atoms with Crippen molar-refractivity contribution < 1.29 is 9.18 Å². The topological polar surface area (TPSA) is 74.6 Å². The zero-order valence-corrected chi connectivity index (χ0v) is 22.2. The van der Waals surface area contributed by atoms with Crippen molar-refractivity contribution >= 4 is 33.2 Å². The van der Waals surface area contributed by atoms with Gasteiger partial charge in [0.2, 0.25) is 16.0 Å². The predicted molar refractivity (Wildman–Crippen MR) is 145 cm³/mol. The highest BCUT2D eigenvalue weighted by Gasteiger charge is 2.23. The molecule has 0 fully saturated rings. The molecule has 2 N–H and O–H groups in total. The van der Waals surface area contributed by atoms with Gasteiger partial charge in [-0.1, -0.05) is 53.8 Å². The number of likely N-dealkylation sites (N-methyl/N-ethyl adjacent to an activating group) is 1. The molecule has 0 saturated carbocycles. The lowest BCUT2D eigenvalue weighted by atomic mass is 10.1. The molecule has 190 valence electrons. The van der Waals surface area contributed by atoms with E-state index in [0.717, 1.165) is 12.8 Å². The number of imidazole rings is 1. The summed E-state index contributed by atoms with van der Waals surface area (Å²) < 4.78 is 15.6. The van der Waals surface area contributed by atoms with E-state index in [-0.39, 0.29) is 29.8 Å². The van der Waals surface area contributed by atoms with Crippen molar-refractivity contribution in [1.29, 1.82) is 0 Å². The summed E-state index contributed by atoms with van der Waals surface area (Å²) in [5.74, 6) is 0.320. The van der Waals surface area contributed by atoms with E-state index in [0.29, 0.717) is 27.2 Å². The highest BCUT2D eigenvalue weighted by Crippen LogP contribution is 2.34. The van der Waals surface area contributed by atoms with Crippen LogP contribution in [0.2, 0.25) is 0 Å². The second kappa shape index (κ2) is 10.7. The number of rotatable bonds is 9. The van der Waals surface area contributed by atoms with Gasteiger partial charge in [-0.25, -0.2) is 9.37 Å². The van der Waals surface area contributed by atoms with Crippen LogP contribution in [0.3, 0.4) is 0 Å². The third-order valence-corrected chi connectivity index (χ3v) is 6.63. The fourth-order valence-electron chi connectivity index (χ4n) is 3.90. The highest BCUT2D eigenvalue weighted by molar-refractivity contribution is 7.20. The molecule has 0 unspecified atom stereocenters. The lowest BCUT2D eigenvalue weighted by molar-refractivity contribution is -0.120. The third kappa shape index (κ3) is 6.40. The van der Waals surface area contributed by atoms with E-state index in [2.05, 4.69) is 22.8 Å². The second-order valence-electron chi connectivity index (χ2n) is 10.1. The lowest BCUT2D eigenvalue weighted by Crippen LogP contribution is -2.40. The summed E-state index contributed by atoms with van der Waals surface area (Å²) in [6, 6.07) is 16.7. The van der Waals surface area contributed by atoms with Gasteiger partial charge in [-0.3, -0.25) is 4.79 Å². The SMILES string of the molecule is C[C@@H](CCc1ccccc1)NC(=O)CN(C)c1nn2c(NC(C)(C)C)c(-c3cccc(F)c3)nc2s1. The number of hydrogen-bond donors (Lipinski definition) is 2. The number of nitrogens with zero attached hydrogens (tertiary/aromatic N) is 4. The quantitative estimate of drug-likeness (QED) is 0.318. The van der Waals surface area contributed by atoms with E-state index >= 15 is 0 Å². The molecule has 0 saturated heterocycles. The normalized spacial score (nSPS) is 12.5. The maximum atomic E-state index is 13.9. The van der Waals surface area contributed by atoms with Crippen LogP contribution >= 0.6 is 11.3 Å². The Labute approximate surface area is 215 Å². The predicted octanol–water partition coefficient (Wildman–Crippen LogP) is 5.38. The van der Waals surface area contributed by atoms with Gasteiger partial charge in [0.1, 0.15) is 11.5 Å². The van der Waals surface area contributed by atoms with Gasteiger partial charge in [0.15, 0.2) is 5.82 Å². The zero-order valence-electron chi connectivity index (χ0n) is 21.4. The van der Waals surface area contributed by atoms with Crippen molar-refractivity contribution in [2.24, 2.45) is 0 Å². The molecule has 0 aliphatic heterocycles. The fraction of sp³-hybridized carbons (Fsp3) is 0.370. The van der Waals surface area contributed by atoms with Gasteiger partial charge < -0.3 is 15.5 Å². The number of nitrogens with one attached hydrogen (secondary N) is 2. The van der Waals surface area contributed by atoms with Crippen LogP contribution in [-0.2, 0) is 11.2 Å². The number of halogens is 1. The molecule has 4 rings (SSSR count). The number of fused-ring (bicyclic) bond motifs is 1. The van der Waals surface area contributed by atoms with Crippen molar-refractivity contribution in [2.75, 3.05) is 23.8 Å². The maximum absolute atomic E-state index is 13.9. The minimum absolute atomic E-state index is 0.0561. The zero-order chi connectivity index (χ0) is 25.9. The molecule has 1 atom stereocenters. The Morgan fingerprint density at radius 2 is 1.92 bits per heavy atom. The first-order valence-corrected chi connectivity index (χ1v) is 12.9. The van der Waals surface area contributed by atoms with Crippen molar-refractivity contribution in [3.63, 3.8) is 0 Å². The molecule has 0 bridgehead atoms. The van der Waals surface area contributed by atoms with E-state index < -0.39 is 0 Å². The summed E-state index contributed by atoms with van der Waals surface area (Å²) >= 11 is 1.39. The number of aromatic nitrogens is 3. The van der Waals surface area contributed by atoms with E-state index in [4.69, 9.17) is 10.1 Å². The molecule has 0 aliphatic rings. The Balaban J connectivity index is 1.47. The van der Waals surface area contributed by atoms with Crippen LogP contribution in [0.1, 0.15) is 39.7 Å². The Hall–Kier alpha value is -3.46. The van der Waals surface area contributed by atoms with Gasteiger partial charge in [0.05, 0.1) is 6.54 Å². The minimum atomic E-state index is -0.317. The number of carbonyl (C=O) groups excluding carboxylic acids is 1. The summed E-state index contributed by atoms with van der Waals surface area (Å²) in [5, 5.41) is 12.0. The molecule has 4 aromatic rings. The second-order valence-corrected chi connectivity index (χ2v) is 11.1. The average molecular weight is 509 g/mol. The van der Waals surface area contributed by atoms with Crippen LogP contribution < -0.4 is 15.5 Å². The lowest BCUT2D eigenvalue weighted by Gasteiger charge is -2.22. The average Bonchev–Trinajstić information content (AvgIpc) is 3.37. The maximum Gasteiger partial charge on any atom is 0.239 e. The van der Waals surface area contributed by atoms with E-state index in [1.165, 1.54) is 29.0 Å². The standard InChI is InChI=1S/C27H33FN6OS/c1-18(14-15-19-10-7-6-8-11-19)29-22(35)17-33(5)26-32-34-24(31-27(2,3)4)23(30-25(34)36-26)20-12-9-13-21(28)16-20/h6-13,16,18,31H,14-15,17H2,1-5H3,(H,29,35)/t18-/m0/s1. The fourth-order valence-corrected chi connectivity index (χ4v) is 4.76. The summed E-state index contributed by atoms with van der Waals surface area (Å²) in [4.78, 5) is 19.9. The van der Waals surface area contributed by atoms with Gasteiger partial charge in [-0.2, -0.15) is 4.52 Å². The molecule has 1 amide bonds. The summed E-state index contributed by atoms with van der Waals surface area (Å²) in [6.07, 6.45) is 1.79. The Morgan fingerprint density at radius 1 is 1.17 bits per heavy atom. The number of aryl methyl sites for hydroxylation is 1. The third-order valence-electron chi connectivity index (χ3n) is 5.61. The van der Waals surface area contributed by atoms with Crippen LogP contribution in [0.15, 0.2) is 54.6 Å². The summed E-state index contributed by atoms with van der Waals surface area (Å²) in [6.45, 7) is 8.35. The number of amides is 1. The van der Waals surface area contributed by atoms with Crippen LogP contribution in [0.4, 0.5) is 15.3 Å². The van der Waals surface area contributed by atoms with E-state index in [1.54, 1.807) is 10.6 Å². The molecular formula is C27H33FN6OS. The first-order valence-electron chi connectivity index (χ1n) is 12.1. The minimum Gasteiger partial charge on any atom is -0.364 e. The largest absolute Gasteiger partial charge is 0.364 e. The van der Waals surface area contributed by atoms with Gasteiger partial charge in [0.25, 0.3) is 0 Å². The van der Waals surface area contributed by atoms with Gasteiger partial charge in [-0.15, -0.1) is 5.10 Å². The number of anilines is 2.